The van der Waals surface area contributed by atoms with Crippen LogP contribution in [0.2, 0.25) is 0 Å². The average Bonchev–Trinajstić information content (AvgIpc) is 2.26. The number of rotatable bonds is 4. The van der Waals surface area contributed by atoms with Crippen LogP contribution in [0.3, 0.4) is 0 Å². The third-order valence-corrected chi connectivity index (χ3v) is 4.59. The molecule has 108 valence electrons. The monoisotopic (exact) mass is 295 g/mol. The second kappa shape index (κ2) is 5.27. The molecule has 2 N–H and O–H groups in total. The molecule has 0 saturated carbocycles. The highest BCUT2D eigenvalue weighted by Gasteiger charge is 2.26. The molecule has 1 aromatic carbocycles. The average molecular weight is 295 g/mol. The Hall–Kier alpha value is -1.84. The van der Waals surface area contributed by atoms with Crippen molar-refractivity contribution < 1.29 is 18.3 Å². The highest BCUT2D eigenvalue weighted by atomic mass is 32.2. The van der Waals surface area contributed by atoms with Crippen LogP contribution in [0.4, 0.5) is 0 Å². The topological polar surface area (TPSA) is 83.5 Å². The van der Waals surface area contributed by atoms with Gasteiger partial charge in [0.1, 0.15) is 0 Å². The zero-order valence-corrected chi connectivity index (χ0v) is 12.6. The molecule has 1 rings (SSSR count). The van der Waals surface area contributed by atoms with Crippen molar-refractivity contribution in [1.29, 1.82) is 0 Å². The summed E-state index contributed by atoms with van der Waals surface area (Å²) < 4.78 is 27.0. The number of aromatic carboxylic acids is 1. The normalized spacial score (nSPS) is 11.9. The smallest absolute Gasteiger partial charge is 0.335 e. The summed E-state index contributed by atoms with van der Waals surface area (Å²) in [5.41, 5.74) is -0.132. The summed E-state index contributed by atoms with van der Waals surface area (Å²) in [4.78, 5) is 11.0. The first kappa shape index (κ1) is 16.2. The van der Waals surface area contributed by atoms with E-state index in [0.717, 1.165) is 6.07 Å². The molecular weight excluding hydrogens is 278 g/mol. The number of nitrogens with one attached hydrogen (secondary N) is 1. The van der Waals surface area contributed by atoms with E-state index in [9.17, 15) is 13.2 Å². The molecule has 0 aromatic heterocycles. The zero-order chi connectivity index (χ0) is 15.7. The van der Waals surface area contributed by atoms with Gasteiger partial charge in [0.2, 0.25) is 10.0 Å². The number of benzene rings is 1. The van der Waals surface area contributed by atoms with Crippen molar-refractivity contribution in [2.45, 2.75) is 38.1 Å². The molecule has 0 bridgehead atoms. The standard InChI is InChI=1S/C14H17NO4S/c1-6-14(4,5)15-20(18,19)12-8-11(13(16)17)9(2)7-10(12)3/h1,7-8,15H,2-5H3,(H,16,17). The molecular formula is C14H17NO4S. The Bertz CT molecular complexity index is 697. The molecule has 5 nitrogen and oxygen atoms in total. The molecule has 0 heterocycles. The predicted octanol–water partition coefficient (Wildman–Crippen LogP) is 1.69. The highest BCUT2D eigenvalue weighted by molar-refractivity contribution is 7.89. The Balaban J connectivity index is 3.44. The first-order valence-corrected chi connectivity index (χ1v) is 7.35. The van der Waals surface area contributed by atoms with E-state index in [1.807, 2.05) is 0 Å². The molecule has 0 fully saturated rings. The van der Waals surface area contributed by atoms with Gasteiger partial charge in [0.25, 0.3) is 0 Å². The zero-order valence-electron chi connectivity index (χ0n) is 11.8. The molecule has 0 unspecified atom stereocenters. The van der Waals surface area contributed by atoms with E-state index in [0.29, 0.717) is 11.1 Å². The van der Waals surface area contributed by atoms with Gasteiger partial charge >= 0.3 is 5.97 Å². The van der Waals surface area contributed by atoms with Crippen LogP contribution < -0.4 is 4.72 Å². The number of carboxylic acid groups (broad SMARTS) is 1. The molecule has 0 aliphatic heterocycles. The van der Waals surface area contributed by atoms with Gasteiger partial charge in [0.15, 0.2) is 0 Å². The Morgan fingerprint density at radius 2 is 1.85 bits per heavy atom. The van der Waals surface area contributed by atoms with Gasteiger partial charge in [0.05, 0.1) is 16.0 Å². The van der Waals surface area contributed by atoms with Crippen LogP contribution in [-0.2, 0) is 10.0 Å². The Labute approximate surface area is 119 Å². The molecule has 1 aromatic rings. The minimum absolute atomic E-state index is 0.0468. The second-order valence-corrected chi connectivity index (χ2v) is 6.76. The van der Waals surface area contributed by atoms with Crippen LogP contribution in [0, 0.1) is 26.2 Å². The van der Waals surface area contributed by atoms with Gasteiger partial charge in [0, 0.05) is 0 Å². The third-order valence-electron chi connectivity index (χ3n) is 2.79. The van der Waals surface area contributed by atoms with E-state index in [-0.39, 0.29) is 10.5 Å². The number of hydrogen-bond acceptors (Lipinski definition) is 3. The lowest BCUT2D eigenvalue weighted by atomic mass is 10.1. The Morgan fingerprint density at radius 1 is 1.30 bits per heavy atom. The largest absolute Gasteiger partial charge is 0.478 e. The first-order valence-electron chi connectivity index (χ1n) is 5.86. The van der Waals surface area contributed by atoms with Crippen LogP contribution in [0.5, 0.6) is 0 Å². The maximum atomic E-state index is 12.3. The van der Waals surface area contributed by atoms with Crippen molar-refractivity contribution in [2.24, 2.45) is 0 Å². The number of hydrogen-bond donors (Lipinski definition) is 2. The highest BCUT2D eigenvalue weighted by Crippen LogP contribution is 2.22. The van der Waals surface area contributed by atoms with Crippen LogP contribution in [0.15, 0.2) is 17.0 Å². The van der Waals surface area contributed by atoms with Crippen molar-refractivity contribution >= 4 is 16.0 Å². The number of carboxylic acids is 1. The van der Waals surface area contributed by atoms with Gasteiger partial charge in [-0.15, -0.1) is 6.42 Å². The van der Waals surface area contributed by atoms with E-state index < -0.39 is 21.5 Å². The molecule has 6 heteroatoms. The Kier molecular flexibility index (Phi) is 4.27. The Morgan fingerprint density at radius 3 is 2.30 bits per heavy atom. The van der Waals surface area contributed by atoms with Gasteiger partial charge in [-0.25, -0.2) is 13.2 Å². The van der Waals surface area contributed by atoms with Crippen molar-refractivity contribution in [3.63, 3.8) is 0 Å². The molecule has 0 aliphatic rings. The molecule has 0 radical (unpaired) electrons. The van der Waals surface area contributed by atoms with Crippen LogP contribution in [0.1, 0.15) is 35.3 Å². The van der Waals surface area contributed by atoms with Gasteiger partial charge < -0.3 is 5.11 Å². The lowest BCUT2D eigenvalue weighted by molar-refractivity contribution is 0.0696. The van der Waals surface area contributed by atoms with E-state index in [1.54, 1.807) is 27.7 Å². The van der Waals surface area contributed by atoms with Gasteiger partial charge in [-0.05, 0) is 44.9 Å². The summed E-state index contributed by atoms with van der Waals surface area (Å²) in [7, 11) is -3.89. The summed E-state index contributed by atoms with van der Waals surface area (Å²) in [6.45, 7) is 6.32. The number of sulfonamides is 1. The lowest BCUT2D eigenvalue weighted by Gasteiger charge is -2.20. The van der Waals surface area contributed by atoms with Crippen LogP contribution in [-0.4, -0.2) is 25.0 Å². The fraction of sp³-hybridized carbons (Fsp3) is 0.357. The van der Waals surface area contributed by atoms with Crippen molar-refractivity contribution in [2.75, 3.05) is 0 Å². The van der Waals surface area contributed by atoms with Crippen LogP contribution in [0.25, 0.3) is 0 Å². The minimum Gasteiger partial charge on any atom is -0.478 e. The van der Waals surface area contributed by atoms with E-state index in [4.69, 9.17) is 11.5 Å². The molecule has 0 atom stereocenters. The predicted molar refractivity (Wildman–Crippen MR) is 76.1 cm³/mol. The summed E-state index contributed by atoms with van der Waals surface area (Å²) in [5, 5.41) is 9.08. The summed E-state index contributed by atoms with van der Waals surface area (Å²) in [6, 6.07) is 2.68. The third kappa shape index (κ3) is 3.38. The first-order chi connectivity index (χ1) is 9.00. The quantitative estimate of drug-likeness (QED) is 0.828. The molecule has 0 spiro atoms. The van der Waals surface area contributed by atoms with Crippen LogP contribution >= 0.6 is 0 Å². The molecule has 0 saturated heterocycles. The summed E-state index contributed by atoms with van der Waals surface area (Å²) in [5.74, 6) is 1.16. The molecule has 0 amide bonds. The number of terminal acetylenes is 1. The number of aryl methyl sites for hydroxylation is 2. The summed E-state index contributed by atoms with van der Waals surface area (Å²) in [6.07, 6.45) is 5.26. The number of carbonyl (C=O) groups is 1. The van der Waals surface area contributed by atoms with Crippen molar-refractivity contribution in [3.8, 4) is 12.3 Å². The molecule has 0 aliphatic carbocycles. The van der Waals surface area contributed by atoms with Gasteiger partial charge in [-0.1, -0.05) is 12.0 Å². The maximum Gasteiger partial charge on any atom is 0.335 e. The van der Waals surface area contributed by atoms with E-state index in [2.05, 4.69) is 10.6 Å². The molecule has 20 heavy (non-hydrogen) atoms. The van der Waals surface area contributed by atoms with Crippen molar-refractivity contribution in [1.82, 2.24) is 4.72 Å². The fourth-order valence-corrected chi connectivity index (χ4v) is 3.37. The van der Waals surface area contributed by atoms with E-state index in [1.165, 1.54) is 6.07 Å². The second-order valence-electron chi connectivity index (χ2n) is 5.11. The van der Waals surface area contributed by atoms with Gasteiger partial charge in [-0.3, -0.25) is 0 Å². The summed E-state index contributed by atoms with van der Waals surface area (Å²) >= 11 is 0. The van der Waals surface area contributed by atoms with Crippen molar-refractivity contribution in [3.05, 3.63) is 28.8 Å². The maximum absolute atomic E-state index is 12.3. The minimum atomic E-state index is -3.89. The fourth-order valence-electron chi connectivity index (χ4n) is 1.77. The van der Waals surface area contributed by atoms with E-state index >= 15 is 0 Å². The van der Waals surface area contributed by atoms with Gasteiger partial charge in [-0.2, -0.15) is 4.72 Å². The lowest BCUT2D eigenvalue weighted by Crippen LogP contribution is -2.42. The SMILES string of the molecule is C#CC(C)(C)NS(=O)(=O)c1cc(C(=O)O)c(C)cc1C.